The molecular weight excluding hydrogens is 204 g/mol. The van der Waals surface area contributed by atoms with E-state index in [1.165, 1.54) is 6.42 Å². The third-order valence-corrected chi connectivity index (χ3v) is 4.21. The molecule has 16 heavy (non-hydrogen) atoms. The van der Waals surface area contributed by atoms with E-state index in [1.54, 1.807) is 13.8 Å². The minimum Gasteiger partial charge on any atom is -0.479 e. The second-order valence-corrected chi connectivity index (χ2v) is 5.42. The van der Waals surface area contributed by atoms with E-state index in [4.69, 9.17) is 0 Å². The molecule has 1 aliphatic rings. The van der Waals surface area contributed by atoms with Crippen molar-refractivity contribution in [3.8, 4) is 0 Å². The van der Waals surface area contributed by atoms with Gasteiger partial charge in [0.2, 0.25) is 0 Å². The van der Waals surface area contributed by atoms with Gasteiger partial charge in [0.15, 0.2) is 5.60 Å². The second-order valence-electron chi connectivity index (χ2n) is 5.42. The molecule has 0 spiro atoms. The van der Waals surface area contributed by atoms with Gasteiger partial charge in [-0.1, -0.05) is 40.0 Å². The summed E-state index contributed by atoms with van der Waals surface area (Å²) in [6.07, 6.45) is 5.02. The van der Waals surface area contributed by atoms with Gasteiger partial charge in [0.25, 0.3) is 0 Å². The molecule has 0 aromatic rings. The number of carboxylic acids is 1. The smallest absolute Gasteiger partial charge is 0.336 e. The maximum absolute atomic E-state index is 11.3. The second kappa shape index (κ2) is 5.17. The van der Waals surface area contributed by atoms with Crippen molar-refractivity contribution in [1.29, 1.82) is 0 Å². The maximum Gasteiger partial charge on any atom is 0.336 e. The largest absolute Gasteiger partial charge is 0.479 e. The van der Waals surface area contributed by atoms with Crippen LogP contribution in [0.1, 0.15) is 52.9 Å². The zero-order chi connectivity index (χ0) is 12.3. The molecule has 0 radical (unpaired) electrons. The average Bonchev–Trinajstić information content (AvgIpc) is 2.27. The van der Waals surface area contributed by atoms with Crippen molar-refractivity contribution in [2.45, 2.75) is 58.5 Å². The first-order chi connectivity index (χ1) is 7.42. The minimum absolute atomic E-state index is 0.0799. The molecule has 3 heteroatoms. The van der Waals surface area contributed by atoms with Crippen LogP contribution in [0.25, 0.3) is 0 Å². The Morgan fingerprint density at radius 2 is 2.06 bits per heavy atom. The topological polar surface area (TPSA) is 57.5 Å². The number of aliphatic carboxylic acids is 1. The van der Waals surface area contributed by atoms with Crippen molar-refractivity contribution in [1.82, 2.24) is 0 Å². The van der Waals surface area contributed by atoms with E-state index in [0.717, 1.165) is 25.7 Å². The first-order valence-corrected chi connectivity index (χ1v) is 6.38. The van der Waals surface area contributed by atoms with E-state index < -0.39 is 11.6 Å². The minimum atomic E-state index is -1.53. The van der Waals surface area contributed by atoms with Crippen LogP contribution >= 0.6 is 0 Å². The number of carboxylic acid groups (broad SMARTS) is 1. The molecule has 1 rings (SSSR count). The molecule has 3 unspecified atom stereocenters. The molecule has 0 aliphatic heterocycles. The van der Waals surface area contributed by atoms with E-state index in [0.29, 0.717) is 5.92 Å². The summed E-state index contributed by atoms with van der Waals surface area (Å²) in [4.78, 5) is 11.3. The number of hydrogen-bond donors (Lipinski definition) is 2. The van der Waals surface area contributed by atoms with Gasteiger partial charge in [-0.3, -0.25) is 0 Å². The van der Waals surface area contributed by atoms with Crippen LogP contribution in [-0.2, 0) is 4.79 Å². The van der Waals surface area contributed by atoms with Crippen LogP contribution < -0.4 is 0 Å². The summed E-state index contributed by atoms with van der Waals surface area (Å²) < 4.78 is 0. The Morgan fingerprint density at radius 1 is 1.44 bits per heavy atom. The van der Waals surface area contributed by atoms with Gasteiger partial charge in [0, 0.05) is 0 Å². The monoisotopic (exact) mass is 228 g/mol. The third-order valence-electron chi connectivity index (χ3n) is 4.21. The van der Waals surface area contributed by atoms with Crippen LogP contribution in [0.15, 0.2) is 0 Å². The maximum atomic E-state index is 11.3. The van der Waals surface area contributed by atoms with Crippen LogP contribution in [0.5, 0.6) is 0 Å². The van der Waals surface area contributed by atoms with Crippen LogP contribution in [0.3, 0.4) is 0 Å². The summed E-state index contributed by atoms with van der Waals surface area (Å²) in [6, 6.07) is 0. The highest BCUT2D eigenvalue weighted by Gasteiger charge is 2.47. The Balaban J connectivity index is 2.83. The Hall–Kier alpha value is -0.570. The molecule has 0 aromatic carbocycles. The third kappa shape index (κ3) is 2.40. The normalized spacial score (nSPS) is 30.1. The molecule has 1 fully saturated rings. The van der Waals surface area contributed by atoms with Gasteiger partial charge in [0.05, 0.1) is 0 Å². The molecule has 0 amide bonds. The van der Waals surface area contributed by atoms with Crippen LogP contribution in [0.4, 0.5) is 0 Å². The van der Waals surface area contributed by atoms with Gasteiger partial charge < -0.3 is 10.2 Å². The van der Waals surface area contributed by atoms with Crippen molar-refractivity contribution in [3.63, 3.8) is 0 Å². The molecule has 94 valence electrons. The molecule has 3 nitrogen and oxygen atoms in total. The summed E-state index contributed by atoms with van der Waals surface area (Å²) in [5.74, 6) is -0.776. The number of aliphatic hydroxyl groups is 1. The van der Waals surface area contributed by atoms with Crippen LogP contribution in [-0.4, -0.2) is 21.8 Å². The Kier molecular flexibility index (Phi) is 4.36. The molecule has 0 bridgehead atoms. The first-order valence-electron chi connectivity index (χ1n) is 6.38. The summed E-state index contributed by atoms with van der Waals surface area (Å²) in [6.45, 7) is 5.73. The summed E-state index contributed by atoms with van der Waals surface area (Å²) in [5, 5.41) is 19.7. The zero-order valence-electron chi connectivity index (χ0n) is 10.6. The molecule has 3 atom stereocenters. The van der Waals surface area contributed by atoms with Crippen molar-refractivity contribution in [2.75, 3.05) is 0 Å². The lowest BCUT2D eigenvalue weighted by Gasteiger charge is -2.40. The first kappa shape index (κ1) is 13.5. The zero-order valence-corrected chi connectivity index (χ0v) is 10.6. The van der Waals surface area contributed by atoms with Crippen molar-refractivity contribution >= 4 is 5.97 Å². The predicted octanol–water partition coefficient (Wildman–Crippen LogP) is 2.67. The van der Waals surface area contributed by atoms with E-state index in [1.807, 2.05) is 0 Å². The van der Waals surface area contributed by atoms with Crippen molar-refractivity contribution in [3.05, 3.63) is 0 Å². The van der Waals surface area contributed by atoms with Gasteiger partial charge in [-0.05, 0) is 30.6 Å². The quantitative estimate of drug-likeness (QED) is 0.777. The summed E-state index contributed by atoms with van der Waals surface area (Å²) >= 11 is 0. The van der Waals surface area contributed by atoms with E-state index in [-0.39, 0.29) is 11.8 Å². The van der Waals surface area contributed by atoms with Gasteiger partial charge in [-0.25, -0.2) is 4.79 Å². The molecule has 0 aromatic heterocycles. The van der Waals surface area contributed by atoms with Crippen molar-refractivity contribution < 1.29 is 15.0 Å². The molecule has 1 aliphatic carbocycles. The molecule has 1 saturated carbocycles. The number of carbonyl (C=O) groups is 1. The average molecular weight is 228 g/mol. The standard InChI is InChI=1S/C13H24O3/c1-4-10-6-5-7-11(8-10)13(16,9(2)3)12(14)15/h9-11,16H,4-8H2,1-3H3,(H,14,15). The van der Waals surface area contributed by atoms with E-state index >= 15 is 0 Å². The summed E-state index contributed by atoms with van der Waals surface area (Å²) in [7, 11) is 0. The van der Waals surface area contributed by atoms with E-state index in [2.05, 4.69) is 6.92 Å². The lowest BCUT2D eigenvalue weighted by molar-refractivity contribution is -0.174. The van der Waals surface area contributed by atoms with Gasteiger partial charge in [-0.15, -0.1) is 0 Å². The predicted molar refractivity (Wildman–Crippen MR) is 63.2 cm³/mol. The SMILES string of the molecule is CCC1CCCC(C(O)(C(=O)O)C(C)C)C1. The molecular formula is C13H24O3. The van der Waals surface area contributed by atoms with Gasteiger partial charge in [-0.2, -0.15) is 0 Å². The number of rotatable bonds is 4. The Bertz CT molecular complexity index is 250. The fraction of sp³-hybridized carbons (Fsp3) is 0.923. The molecule has 2 N–H and O–H groups in total. The number of hydrogen-bond acceptors (Lipinski definition) is 2. The molecule has 0 heterocycles. The highest BCUT2D eigenvalue weighted by molar-refractivity contribution is 5.78. The Morgan fingerprint density at radius 3 is 2.50 bits per heavy atom. The van der Waals surface area contributed by atoms with Gasteiger partial charge >= 0.3 is 5.97 Å². The summed E-state index contributed by atoms with van der Waals surface area (Å²) in [5.41, 5.74) is -1.53. The van der Waals surface area contributed by atoms with Crippen molar-refractivity contribution in [2.24, 2.45) is 17.8 Å². The fourth-order valence-corrected chi connectivity index (χ4v) is 2.95. The lowest BCUT2D eigenvalue weighted by Crippen LogP contribution is -2.51. The lowest BCUT2D eigenvalue weighted by atomic mass is 9.68. The fourth-order valence-electron chi connectivity index (χ4n) is 2.95. The van der Waals surface area contributed by atoms with Crippen LogP contribution in [0, 0.1) is 17.8 Å². The molecule has 0 saturated heterocycles. The van der Waals surface area contributed by atoms with E-state index in [9.17, 15) is 15.0 Å². The van der Waals surface area contributed by atoms with Crippen LogP contribution in [0.2, 0.25) is 0 Å². The van der Waals surface area contributed by atoms with Gasteiger partial charge in [0.1, 0.15) is 0 Å². The highest BCUT2D eigenvalue weighted by atomic mass is 16.4. The highest BCUT2D eigenvalue weighted by Crippen LogP contribution is 2.40. The Labute approximate surface area is 97.9 Å².